The van der Waals surface area contributed by atoms with E-state index in [2.05, 4.69) is 156 Å². The molecule has 0 aromatic heterocycles. The summed E-state index contributed by atoms with van der Waals surface area (Å²) in [6.45, 7) is 3.95. The number of aryl methyl sites for hydroxylation is 1. The lowest BCUT2D eigenvalue weighted by atomic mass is 10.0. The van der Waals surface area contributed by atoms with Crippen LogP contribution in [0.4, 0.5) is 34.1 Å². The Bertz CT molecular complexity index is 1320. The second kappa shape index (κ2) is 11.9. The molecule has 0 N–H and O–H groups in total. The van der Waals surface area contributed by atoms with Gasteiger partial charge in [-0.05, 0) is 91.6 Å². The first kappa shape index (κ1) is 24.1. The maximum absolute atomic E-state index is 3.95. The molecule has 5 rings (SSSR count). The molecule has 0 saturated heterocycles. The molecule has 0 radical (unpaired) electrons. The Morgan fingerprint density at radius 3 is 1.35 bits per heavy atom. The van der Waals surface area contributed by atoms with Crippen LogP contribution in [0, 0.1) is 0 Å². The summed E-state index contributed by atoms with van der Waals surface area (Å²) in [4.78, 5) is 4.69. The number of allylic oxidation sites excluding steroid dienone is 1. The first-order chi connectivity index (χ1) is 18.3. The fourth-order valence-electron chi connectivity index (χ4n) is 4.75. The molecule has 5 aromatic rings. The minimum absolute atomic E-state index is 0.961. The van der Waals surface area contributed by atoms with Crippen LogP contribution in [0.3, 0.4) is 0 Å². The van der Waals surface area contributed by atoms with Gasteiger partial charge in [0.15, 0.2) is 0 Å². The lowest BCUT2D eigenvalue weighted by Gasteiger charge is -2.30. The molecule has 0 spiro atoms. The van der Waals surface area contributed by atoms with E-state index in [1.165, 1.54) is 11.3 Å². The fraction of sp³-hybridized carbons (Fsp3) is 0.0857. The molecule has 37 heavy (non-hydrogen) atoms. The molecule has 0 bridgehead atoms. The van der Waals surface area contributed by atoms with Crippen LogP contribution in [0.5, 0.6) is 0 Å². The molecule has 0 atom stereocenters. The van der Waals surface area contributed by atoms with Crippen LogP contribution in [0.25, 0.3) is 0 Å². The Hall–Kier alpha value is -4.56. The van der Waals surface area contributed by atoms with Crippen molar-refractivity contribution in [3.05, 3.63) is 158 Å². The highest BCUT2D eigenvalue weighted by Gasteiger charge is 2.19. The standard InChI is InChI=1S/C35H32N2/c1-2-3-8-17-29-28-34(36(30-18-9-4-10-19-30)31-20-11-5-12-21-31)26-27-35(29)37(32-22-13-6-14-23-32)33-24-15-7-16-25-33/h2,4-7,9-16,18-28H,1,3,8,17H2. The summed E-state index contributed by atoms with van der Waals surface area (Å²) >= 11 is 0. The predicted molar refractivity (Wildman–Crippen MR) is 159 cm³/mol. The van der Waals surface area contributed by atoms with Crippen molar-refractivity contribution in [2.45, 2.75) is 19.3 Å². The van der Waals surface area contributed by atoms with Crippen LogP contribution in [0.2, 0.25) is 0 Å². The molecule has 0 aliphatic rings. The van der Waals surface area contributed by atoms with Crippen molar-refractivity contribution < 1.29 is 0 Å². The van der Waals surface area contributed by atoms with Crippen molar-refractivity contribution in [2.75, 3.05) is 9.80 Å². The molecule has 0 unspecified atom stereocenters. The van der Waals surface area contributed by atoms with E-state index < -0.39 is 0 Å². The second-order valence-corrected chi connectivity index (χ2v) is 9.01. The molecule has 0 fully saturated rings. The third kappa shape index (κ3) is 5.65. The van der Waals surface area contributed by atoms with Crippen molar-refractivity contribution in [3.63, 3.8) is 0 Å². The largest absolute Gasteiger partial charge is 0.310 e. The van der Waals surface area contributed by atoms with E-state index in [4.69, 9.17) is 0 Å². The van der Waals surface area contributed by atoms with Crippen molar-refractivity contribution in [1.82, 2.24) is 0 Å². The summed E-state index contributed by atoms with van der Waals surface area (Å²) in [6, 6.07) is 49.3. The number of nitrogens with zero attached hydrogens (tertiary/aromatic N) is 2. The number of hydrogen-bond donors (Lipinski definition) is 0. The van der Waals surface area contributed by atoms with Crippen LogP contribution in [0.1, 0.15) is 18.4 Å². The molecule has 182 valence electrons. The number of benzene rings is 5. The van der Waals surface area contributed by atoms with Gasteiger partial charge >= 0.3 is 0 Å². The van der Waals surface area contributed by atoms with Crippen LogP contribution >= 0.6 is 0 Å². The lowest BCUT2D eigenvalue weighted by molar-refractivity contribution is 0.843. The molecular weight excluding hydrogens is 448 g/mol. The van der Waals surface area contributed by atoms with Gasteiger partial charge in [-0.2, -0.15) is 0 Å². The highest BCUT2D eigenvalue weighted by atomic mass is 15.2. The van der Waals surface area contributed by atoms with E-state index in [0.29, 0.717) is 0 Å². The molecule has 0 heterocycles. The van der Waals surface area contributed by atoms with E-state index in [-0.39, 0.29) is 0 Å². The Balaban J connectivity index is 1.66. The normalized spacial score (nSPS) is 10.6. The van der Waals surface area contributed by atoms with E-state index in [9.17, 15) is 0 Å². The summed E-state index contributed by atoms with van der Waals surface area (Å²) < 4.78 is 0. The number of rotatable bonds is 10. The zero-order valence-electron chi connectivity index (χ0n) is 21.1. The van der Waals surface area contributed by atoms with Gasteiger partial charge in [0.1, 0.15) is 0 Å². The van der Waals surface area contributed by atoms with E-state index in [1.54, 1.807) is 0 Å². The average Bonchev–Trinajstić information content (AvgIpc) is 2.97. The van der Waals surface area contributed by atoms with Gasteiger partial charge < -0.3 is 9.80 Å². The van der Waals surface area contributed by atoms with Crippen LogP contribution in [-0.4, -0.2) is 0 Å². The van der Waals surface area contributed by atoms with E-state index in [0.717, 1.165) is 47.7 Å². The van der Waals surface area contributed by atoms with E-state index >= 15 is 0 Å². The highest BCUT2D eigenvalue weighted by Crippen LogP contribution is 2.41. The van der Waals surface area contributed by atoms with Crippen molar-refractivity contribution in [2.24, 2.45) is 0 Å². The van der Waals surface area contributed by atoms with Crippen molar-refractivity contribution in [3.8, 4) is 0 Å². The summed E-state index contributed by atoms with van der Waals surface area (Å²) in [5.41, 5.74) is 8.23. The van der Waals surface area contributed by atoms with Crippen molar-refractivity contribution in [1.29, 1.82) is 0 Å². The number of unbranched alkanes of at least 4 members (excludes halogenated alkanes) is 1. The molecule has 2 nitrogen and oxygen atoms in total. The van der Waals surface area contributed by atoms with Gasteiger partial charge in [-0.15, -0.1) is 6.58 Å². The van der Waals surface area contributed by atoms with Gasteiger partial charge in [0.05, 0.1) is 0 Å². The molecule has 0 aliphatic carbocycles. The van der Waals surface area contributed by atoms with Gasteiger partial charge in [0.2, 0.25) is 0 Å². The Kier molecular flexibility index (Phi) is 7.78. The Morgan fingerprint density at radius 2 is 0.919 bits per heavy atom. The monoisotopic (exact) mass is 480 g/mol. The summed E-state index contributed by atoms with van der Waals surface area (Å²) in [7, 11) is 0. The minimum atomic E-state index is 0.961. The minimum Gasteiger partial charge on any atom is -0.310 e. The van der Waals surface area contributed by atoms with Crippen LogP contribution in [0.15, 0.2) is 152 Å². The van der Waals surface area contributed by atoms with Gasteiger partial charge in [0.25, 0.3) is 0 Å². The Morgan fingerprint density at radius 1 is 0.486 bits per heavy atom. The van der Waals surface area contributed by atoms with Gasteiger partial charge in [0, 0.05) is 34.1 Å². The third-order valence-corrected chi connectivity index (χ3v) is 6.47. The number of hydrogen-bond acceptors (Lipinski definition) is 2. The van der Waals surface area contributed by atoms with Crippen LogP contribution in [-0.2, 0) is 6.42 Å². The maximum Gasteiger partial charge on any atom is 0.0495 e. The molecular formula is C35H32N2. The summed E-state index contributed by atoms with van der Waals surface area (Å²) in [6.07, 6.45) is 5.01. The molecule has 0 amide bonds. The average molecular weight is 481 g/mol. The SMILES string of the molecule is C=CCCCc1cc(N(c2ccccc2)c2ccccc2)ccc1N(c1ccccc1)c1ccccc1. The van der Waals surface area contributed by atoms with E-state index in [1.807, 2.05) is 6.08 Å². The maximum atomic E-state index is 3.95. The quantitative estimate of drug-likeness (QED) is 0.145. The van der Waals surface area contributed by atoms with Gasteiger partial charge in [-0.3, -0.25) is 0 Å². The number of para-hydroxylation sites is 4. The molecule has 5 aromatic carbocycles. The predicted octanol–water partition coefficient (Wildman–Crippen LogP) is 10.1. The first-order valence-corrected chi connectivity index (χ1v) is 12.9. The summed E-state index contributed by atoms with van der Waals surface area (Å²) in [5, 5.41) is 0. The first-order valence-electron chi connectivity index (χ1n) is 12.9. The van der Waals surface area contributed by atoms with Gasteiger partial charge in [-0.1, -0.05) is 78.9 Å². The zero-order chi connectivity index (χ0) is 25.3. The topological polar surface area (TPSA) is 6.48 Å². The van der Waals surface area contributed by atoms with Crippen LogP contribution < -0.4 is 9.80 Å². The lowest BCUT2D eigenvalue weighted by Crippen LogP contribution is -2.14. The molecule has 0 aliphatic heterocycles. The fourth-order valence-corrected chi connectivity index (χ4v) is 4.75. The highest BCUT2D eigenvalue weighted by molar-refractivity contribution is 5.83. The zero-order valence-corrected chi connectivity index (χ0v) is 21.1. The smallest absolute Gasteiger partial charge is 0.0495 e. The summed E-state index contributed by atoms with van der Waals surface area (Å²) in [5.74, 6) is 0. The van der Waals surface area contributed by atoms with Crippen molar-refractivity contribution >= 4 is 34.1 Å². The Labute approximate surface area is 220 Å². The number of anilines is 6. The second-order valence-electron chi connectivity index (χ2n) is 9.01. The third-order valence-electron chi connectivity index (χ3n) is 6.47. The van der Waals surface area contributed by atoms with Gasteiger partial charge in [-0.25, -0.2) is 0 Å². The molecule has 2 heteroatoms. The molecule has 0 saturated carbocycles.